The van der Waals surface area contributed by atoms with Gasteiger partial charge < -0.3 is 19.0 Å². The molecular weight excluding hydrogens is 242 g/mol. The third kappa shape index (κ3) is 9.62. The molecular formula is C10H24NO3SSi. The van der Waals surface area contributed by atoms with E-state index < -0.39 is 9.53 Å². The zero-order valence-corrected chi connectivity index (χ0v) is 12.3. The van der Waals surface area contributed by atoms with Crippen LogP contribution in [0.4, 0.5) is 0 Å². The first-order valence-corrected chi connectivity index (χ1v) is 8.08. The summed E-state index contributed by atoms with van der Waals surface area (Å²) in [5.74, 6) is 1.01. The molecule has 0 spiro atoms. The van der Waals surface area contributed by atoms with Gasteiger partial charge >= 0.3 is 9.53 Å². The average Bonchev–Trinajstić information content (AvgIpc) is 2.27. The summed E-state index contributed by atoms with van der Waals surface area (Å²) in [6.07, 6.45) is 1.01. The van der Waals surface area contributed by atoms with Gasteiger partial charge in [0.25, 0.3) is 0 Å². The van der Waals surface area contributed by atoms with E-state index in [-0.39, 0.29) is 0 Å². The maximum Gasteiger partial charge on any atom is 0.577 e. The molecule has 1 atom stereocenters. The van der Waals surface area contributed by atoms with Crippen LogP contribution in [0.15, 0.2) is 0 Å². The van der Waals surface area contributed by atoms with E-state index in [1.807, 2.05) is 25.6 Å². The van der Waals surface area contributed by atoms with Gasteiger partial charge in [0.05, 0.1) is 0 Å². The lowest BCUT2D eigenvalue weighted by Crippen LogP contribution is -2.28. The van der Waals surface area contributed by atoms with Crippen LogP contribution >= 0.6 is 11.8 Å². The second-order valence-corrected chi connectivity index (χ2v) is 6.14. The predicted octanol–water partition coefficient (Wildman–Crippen LogP) is 1.53. The van der Waals surface area contributed by atoms with Crippen LogP contribution < -0.4 is 5.73 Å². The Hall–Kier alpha value is 0.407. The molecule has 0 aromatic rings. The van der Waals surface area contributed by atoms with Crippen LogP contribution in [0.2, 0.25) is 0 Å². The van der Waals surface area contributed by atoms with E-state index in [9.17, 15) is 0 Å². The molecule has 0 saturated heterocycles. The Morgan fingerprint density at radius 1 is 1.19 bits per heavy atom. The fourth-order valence-corrected chi connectivity index (χ4v) is 2.83. The largest absolute Gasteiger partial charge is 0.577 e. The highest BCUT2D eigenvalue weighted by molar-refractivity contribution is 7.99. The van der Waals surface area contributed by atoms with Gasteiger partial charge in [-0.3, -0.25) is 0 Å². The Bertz CT molecular complexity index is 148. The first-order valence-electron chi connectivity index (χ1n) is 5.81. The lowest BCUT2D eigenvalue weighted by atomic mass is 10.3. The lowest BCUT2D eigenvalue weighted by Gasteiger charge is -2.15. The van der Waals surface area contributed by atoms with E-state index in [4.69, 9.17) is 19.0 Å². The normalized spacial score (nSPS) is 13.3. The van der Waals surface area contributed by atoms with Crippen LogP contribution in [0.5, 0.6) is 0 Å². The molecule has 4 nitrogen and oxygen atoms in total. The highest BCUT2D eigenvalue weighted by atomic mass is 32.2. The molecule has 97 valence electrons. The molecule has 0 aliphatic heterocycles. The SMILES string of the molecule is CCO[Si](OCC)OCCC(C)SCCN. The summed E-state index contributed by atoms with van der Waals surface area (Å²) in [5.41, 5.74) is 5.45. The average molecular weight is 266 g/mol. The van der Waals surface area contributed by atoms with E-state index in [0.29, 0.717) is 25.1 Å². The van der Waals surface area contributed by atoms with Crippen LogP contribution in [0, 0.1) is 0 Å². The smallest absolute Gasteiger partial charge is 0.371 e. The summed E-state index contributed by atoms with van der Waals surface area (Å²) in [5, 5.41) is 0.579. The summed E-state index contributed by atoms with van der Waals surface area (Å²) in [6, 6.07) is 0. The molecule has 0 amide bonds. The van der Waals surface area contributed by atoms with Crippen LogP contribution in [-0.2, 0) is 13.3 Å². The standard InChI is InChI=1S/C10H24NO3SSi/c1-4-12-16(13-5-2)14-8-6-10(3)15-9-7-11/h10H,4-9,11H2,1-3H3. The molecule has 0 saturated carbocycles. The number of nitrogens with two attached hydrogens (primary N) is 1. The van der Waals surface area contributed by atoms with Gasteiger partial charge in [0.1, 0.15) is 0 Å². The minimum absolute atomic E-state index is 0.579. The number of hydrogen-bond acceptors (Lipinski definition) is 5. The molecule has 1 radical (unpaired) electrons. The Morgan fingerprint density at radius 2 is 1.81 bits per heavy atom. The van der Waals surface area contributed by atoms with E-state index in [2.05, 4.69) is 6.92 Å². The highest BCUT2D eigenvalue weighted by Gasteiger charge is 2.17. The molecule has 0 heterocycles. The van der Waals surface area contributed by atoms with Crippen molar-refractivity contribution in [1.82, 2.24) is 0 Å². The van der Waals surface area contributed by atoms with Gasteiger partial charge in [-0.1, -0.05) is 6.92 Å². The summed E-state index contributed by atoms with van der Waals surface area (Å²) in [6.45, 7) is 8.82. The molecule has 0 aromatic heterocycles. The van der Waals surface area contributed by atoms with Crippen LogP contribution in [0.25, 0.3) is 0 Å². The molecule has 6 heteroatoms. The quantitative estimate of drug-likeness (QED) is 0.575. The molecule has 0 aromatic carbocycles. The number of thioether (sulfide) groups is 1. The molecule has 0 aliphatic carbocycles. The van der Waals surface area contributed by atoms with Gasteiger partial charge in [-0.2, -0.15) is 11.8 Å². The highest BCUT2D eigenvalue weighted by Crippen LogP contribution is 2.13. The fraction of sp³-hybridized carbons (Fsp3) is 1.00. The fourth-order valence-electron chi connectivity index (χ4n) is 1.02. The first-order chi connectivity index (χ1) is 7.74. The van der Waals surface area contributed by atoms with Crippen molar-refractivity contribution in [1.29, 1.82) is 0 Å². The first kappa shape index (κ1) is 16.4. The predicted molar refractivity (Wildman–Crippen MR) is 70.5 cm³/mol. The summed E-state index contributed by atoms with van der Waals surface area (Å²) in [4.78, 5) is 0. The summed E-state index contributed by atoms with van der Waals surface area (Å²) >= 11 is 1.88. The van der Waals surface area contributed by atoms with Crippen molar-refractivity contribution in [2.75, 3.05) is 32.1 Å². The van der Waals surface area contributed by atoms with Crippen LogP contribution in [-0.4, -0.2) is 46.9 Å². The van der Waals surface area contributed by atoms with Crippen LogP contribution in [0.1, 0.15) is 27.2 Å². The van der Waals surface area contributed by atoms with Crippen molar-refractivity contribution in [2.45, 2.75) is 32.4 Å². The molecule has 0 fully saturated rings. The molecule has 0 aliphatic rings. The maximum absolute atomic E-state index is 5.59. The third-order valence-electron chi connectivity index (χ3n) is 1.79. The second kappa shape index (κ2) is 11.9. The minimum Gasteiger partial charge on any atom is -0.371 e. The van der Waals surface area contributed by atoms with Gasteiger partial charge in [0, 0.05) is 37.4 Å². The Morgan fingerprint density at radius 3 is 2.31 bits per heavy atom. The van der Waals surface area contributed by atoms with E-state index in [1.54, 1.807) is 0 Å². The molecule has 16 heavy (non-hydrogen) atoms. The maximum atomic E-state index is 5.59. The van der Waals surface area contributed by atoms with Gasteiger partial charge in [0.15, 0.2) is 0 Å². The Balaban J connectivity index is 3.51. The van der Waals surface area contributed by atoms with Crippen LogP contribution in [0.3, 0.4) is 0 Å². The summed E-state index contributed by atoms with van der Waals surface area (Å²) < 4.78 is 16.3. The number of rotatable bonds is 11. The lowest BCUT2D eigenvalue weighted by molar-refractivity contribution is 0.101. The third-order valence-corrected chi connectivity index (χ3v) is 4.55. The topological polar surface area (TPSA) is 53.7 Å². The zero-order chi connectivity index (χ0) is 12.2. The summed E-state index contributed by atoms with van der Waals surface area (Å²) in [7, 11) is -1.50. The van der Waals surface area contributed by atoms with Gasteiger partial charge in [-0.15, -0.1) is 0 Å². The van der Waals surface area contributed by atoms with Crippen molar-refractivity contribution in [3.63, 3.8) is 0 Å². The van der Waals surface area contributed by atoms with Crippen molar-refractivity contribution in [3.05, 3.63) is 0 Å². The molecule has 1 unspecified atom stereocenters. The van der Waals surface area contributed by atoms with Crippen molar-refractivity contribution in [3.8, 4) is 0 Å². The molecule has 0 bridgehead atoms. The van der Waals surface area contributed by atoms with Crippen molar-refractivity contribution in [2.24, 2.45) is 5.73 Å². The Labute approximate surface area is 105 Å². The van der Waals surface area contributed by atoms with E-state index in [1.165, 1.54) is 0 Å². The second-order valence-electron chi connectivity index (χ2n) is 3.22. The number of hydrogen-bond donors (Lipinski definition) is 1. The monoisotopic (exact) mass is 266 g/mol. The van der Waals surface area contributed by atoms with Gasteiger partial charge in [-0.05, 0) is 20.3 Å². The van der Waals surface area contributed by atoms with E-state index >= 15 is 0 Å². The Kier molecular flexibility index (Phi) is 12.2. The van der Waals surface area contributed by atoms with Crippen molar-refractivity contribution < 1.29 is 13.3 Å². The van der Waals surface area contributed by atoms with Crippen molar-refractivity contribution >= 4 is 21.3 Å². The zero-order valence-electron chi connectivity index (χ0n) is 10.5. The van der Waals surface area contributed by atoms with E-state index in [0.717, 1.165) is 18.7 Å². The molecule has 0 rings (SSSR count). The minimum atomic E-state index is -1.50. The van der Waals surface area contributed by atoms with Gasteiger partial charge in [-0.25, -0.2) is 0 Å². The van der Waals surface area contributed by atoms with Gasteiger partial charge in [0.2, 0.25) is 0 Å². The molecule has 2 N–H and O–H groups in total.